The molecule has 156 valence electrons. The Balaban J connectivity index is 1.91. The van der Waals surface area contributed by atoms with Gasteiger partial charge in [-0.05, 0) is 35.7 Å². The largest absolute Gasteiger partial charge is 0.373 e. The van der Waals surface area contributed by atoms with E-state index in [1.807, 2.05) is 0 Å². The molecule has 0 radical (unpaired) electrons. The van der Waals surface area contributed by atoms with Crippen LogP contribution in [0.3, 0.4) is 0 Å². The summed E-state index contributed by atoms with van der Waals surface area (Å²) in [5, 5.41) is 1.31. The molecule has 1 aliphatic heterocycles. The third-order valence-corrected chi connectivity index (χ3v) is 4.85. The lowest BCUT2D eigenvalue weighted by molar-refractivity contribution is 0.0527. The molecule has 1 aliphatic rings. The molecule has 2 heterocycles. The van der Waals surface area contributed by atoms with Crippen LogP contribution in [0.5, 0.6) is 0 Å². The number of nitrogens with one attached hydrogen (secondary N) is 2. The number of carbonyl (C=O) groups excluding carboxylic acids is 1. The molecule has 4 rings (SSSR count). The number of aromatic amines is 1. The SMILES string of the molecule is [2H]C([2H])([2H])N(C(=O)Nc1ccc(F)c(Cl)c1)C1([2H])COCc2[nH]c(=O)c3cc(F)c(F)cc3c21. The van der Waals surface area contributed by atoms with E-state index >= 15 is 0 Å². The highest BCUT2D eigenvalue weighted by atomic mass is 35.5. The Morgan fingerprint density at radius 3 is 2.70 bits per heavy atom. The number of urea groups is 1. The number of rotatable bonds is 2. The molecule has 30 heavy (non-hydrogen) atoms. The van der Waals surface area contributed by atoms with E-state index in [2.05, 4.69) is 10.3 Å². The van der Waals surface area contributed by atoms with Gasteiger partial charge in [0.2, 0.25) is 0 Å². The quantitative estimate of drug-likeness (QED) is 0.621. The molecule has 3 aromatic rings. The first-order valence-electron chi connectivity index (χ1n) is 10.5. The number of ether oxygens (including phenoxy) is 1. The van der Waals surface area contributed by atoms with E-state index < -0.39 is 48.6 Å². The number of nitrogens with zero attached hydrogens (tertiary/aromatic N) is 1. The number of H-pyrrole nitrogens is 1. The summed E-state index contributed by atoms with van der Waals surface area (Å²) in [7, 11) is 0. The number of fused-ring (bicyclic) bond motifs is 3. The van der Waals surface area contributed by atoms with Crippen LogP contribution in [0.15, 0.2) is 35.1 Å². The zero-order valence-corrected chi connectivity index (χ0v) is 15.7. The average Bonchev–Trinajstić information content (AvgIpc) is 2.71. The molecular weight excluding hydrogens is 423 g/mol. The van der Waals surface area contributed by atoms with Crippen molar-refractivity contribution in [1.29, 1.82) is 0 Å². The zero-order chi connectivity index (χ0) is 25.0. The van der Waals surface area contributed by atoms with Gasteiger partial charge in [0.25, 0.3) is 5.56 Å². The first-order chi connectivity index (χ1) is 15.8. The van der Waals surface area contributed by atoms with E-state index in [0.29, 0.717) is 12.1 Å². The molecular formula is C20H15ClF3N3O3. The highest BCUT2D eigenvalue weighted by molar-refractivity contribution is 6.31. The van der Waals surface area contributed by atoms with Crippen molar-refractivity contribution in [3.8, 4) is 0 Å². The highest BCUT2D eigenvalue weighted by Gasteiger charge is 2.31. The van der Waals surface area contributed by atoms with Gasteiger partial charge in [-0.2, -0.15) is 0 Å². The summed E-state index contributed by atoms with van der Waals surface area (Å²) in [5.74, 6) is -3.43. The van der Waals surface area contributed by atoms with Crippen molar-refractivity contribution in [3.63, 3.8) is 0 Å². The molecule has 0 bridgehead atoms. The molecule has 1 unspecified atom stereocenters. The number of hydrogen-bond donors (Lipinski definition) is 2. The Hall–Kier alpha value is -3.04. The predicted octanol–water partition coefficient (Wildman–Crippen LogP) is 4.33. The van der Waals surface area contributed by atoms with Crippen molar-refractivity contribution in [2.24, 2.45) is 0 Å². The van der Waals surface area contributed by atoms with Gasteiger partial charge in [0, 0.05) is 28.0 Å². The third-order valence-electron chi connectivity index (χ3n) is 4.56. The zero-order valence-electron chi connectivity index (χ0n) is 19.0. The molecule has 0 fully saturated rings. The van der Waals surface area contributed by atoms with Crippen molar-refractivity contribution < 1.29 is 28.2 Å². The monoisotopic (exact) mass is 441 g/mol. The van der Waals surface area contributed by atoms with Gasteiger partial charge in [-0.25, -0.2) is 18.0 Å². The number of likely N-dealkylation sites (N-methyl/N-ethyl adjacent to an activating group) is 1. The van der Waals surface area contributed by atoms with Gasteiger partial charge >= 0.3 is 6.03 Å². The number of pyridine rings is 1. The van der Waals surface area contributed by atoms with Crippen LogP contribution in [0, 0.1) is 17.5 Å². The Bertz CT molecular complexity index is 1390. The highest BCUT2D eigenvalue weighted by Crippen LogP contribution is 2.34. The summed E-state index contributed by atoms with van der Waals surface area (Å²) in [6.45, 7) is -4.19. The van der Waals surface area contributed by atoms with E-state index in [-0.39, 0.29) is 44.2 Å². The third kappa shape index (κ3) is 3.50. The fraction of sp³-hybridized carbons (Fsp3) is 0.200. The van der Waals surface area contributed by atoms with E-state index in [9.17, 15) is 22.8 Å². The molecule has 0 spiro atoms. The molecule has 0 aliphatic carbocycles. The van der Waals surface area contributed by atoms with Gasteiger partial charge in [0.15, 0.2) is 11.6 Å². The van der Waals surface area contributed by atoms with Crippen LogP contribution in [0.1, 0.15) is 22.8 Å². The molecule has 2 N–H and O–H groups in total. The number of aromatic nitrogens is 1. The van der Waals surface area contributed by atoms with Crippen LogP contribution >= 0.6 is 11.6 Å². The molecule has 1 aromatic heterocycles. The lowest BCUT2D eigenvalue weighted by Gasteiger charge is -2.33. The first kappa shape index (κ1) is 15.8. The number of hydrogen-bond acceptors (Lipinski definition) is 3. The Morgan fingerprint density at radius 2 is 2.00 bits per heavy atom. The van der Waals surface area contributed by atoms with Gasteiger partial charge in [-0.15, -0.1) is 0 Å². The van der Waals surface area contributed by atoms with E-state index in [1.54, 1.807) is 0 Å². The van der Waals surface area contributed by atoms with Gasteiger partial charge in [-0.3, -0.25) is 4.79 Å². The number of carbonyl (C=O) groups is 1. The van der Waals surface area contributed by atoms with Crippen molar-refractivity contribution in [2.75, 3.05) is 18.9 Å². The van der Waals surface area contributed by atoms with Gasteiger partial charge in [0.1, 0.15) is 5.82 Å². The van der Waals surface area contributed by atoms with Gasteiger partial charge in [0.05, 0.1) is 31.0 Å². The fourth-order valence-corrected chi connectivity index (χ4v) is 3.36. The summed E-state index contributed by atoms with van der Waals surface area (Å²) in [6, 6.07) is 0.588. The number of amides is 2. The minimum Gasteiger partial charge on any atom is -0.373 e. The summed E-state index contributed by atoms with van der Waals surface area (Å²) in [6.07, 6.45) is 0. The van der Waals surface area contributed by atoms with Gasteiger partial charge < -0.3 is 19.9 Å². The summed E-state index contributed by atoms with van der Waals surface area (Å²) in [5.41, 5.74) is -1.19. The fourth-order valence-electron chi connectivity index (χ4n) is 3.18. The number of anilines is 1. The van der Waals surface area contributed by atoms with Crippen molar-refractivity contribution >= 4 is 34.1 Å². The maximum atomic E-state index is 14.1. The van der Waals surface area contributed by atoms with Crippen LogP contribution in [0.2, 0.25) is 5.02 Å². The minimum absolute atomic E-state index is 0.0642. The molecule has 6 nitrogen and oxygen atoms in total. The molecule has 2 aromatic carbocycles. The standard InChI is InChI=1S/C20H15ClF3N3O3/c1-27(20(29)25-9-2-3-13(22)12(21)4-9)17-8-30-7-16-18(17)10-5-14(23)15(24)6-11(10)19(28)26-16/h2-6,17H,7-8H2,1H3,(H,25,29)(H,26,28)/i1D3,17D. The smallest absolute Gasteiger partial charge is 0.322 e. The topological polar surface area (TPSA) is 74.4 Å². The second-order valence-electron chi connectivity index (χ2n) is 6.45. The van der Waals surface area contributed by atoms with E-state index in [4.69, 9.17) is 21.8 Å². The second-order valence-corrected chi connectivity index (χ2v) is 6.86. The second kappa shape index (κ2) is 7.66. The number of halogens is 4. The van der Waals surface area contributed by atoms with E-state index in [0.717, 1.165) is 18.2 Å². The maximum Gasteiger partial charge on any atom is 0.322 e. The first-order valence-corrected chi connectivity index (χ1v) is 8.89. The Morgan fingerprint density at radius 1 is 1.27 bits per heavy atom. The molecule has 0 saturated heterocycles. The van der Waals surface area contributed by atoms with Crippen molar-refractivity contribution in [3.05, 3.63) is 74.4 Å². The van der Waals surface area contributed by atoms with Crippen molar-refractivity contribution in [2.45, 2.75) is 12.6 Å². The van der Waals surface area contributed by atoms with Crippen molar-refractivity contribution in [1.82, 2.24) is 9.88 Å². The Labute approximate surface area is 178 Å². The van der Waals surface area contributed by atoms with Crippen LogP contribution in [0.25, 0.3) is 10.8 Å². The molecule has 1 atom stereocenters. The van der Waals surface area contributed by atoms with E-state index in [1.165, 1.54) is 0 Å². The maximum absolute atomic E-state index is 14.1. The van der Waals surface area contributed by atoms with Crippen LogP contribution in [0.4, 0.5) is 23.7 Å². The summed E-state index contributed by atoms with van der Waals surface area (Å²) >= 11 is 5.71. The minimum atomic E-state index is -3.24. The lowest BCUT2D eigenvalue weighted by atomic mass is 9.95. The Kier molecular flexibility index (Phi) is 4.02. The van der Waals surface area contributed by atoms with Crippen LogP contribution in [-0.4, -0.2) is 29.5 Å². The summed E-state index contributed by atoms with van der Waals surface area (Å²) in [4.78, 5) is 28.1. The van der Waals surface area contributed by atoms with Crippen LogP contribution in [-0.2, 0) is 11.3 Å². The predicted molar refractivity (Wildman–Crippen MR) is 105 cm³/mol. The van der Waals surface area contributed by atoms with Gasteiger partial charge in [-0.1, -0.05) is 11.6 Å². The molecule has 2 amide bonds. The summed E-state index contributed by atoms with van der Waals surface area (Å²) < 4.78 is 79.5. The number of benzene rings is 2. The molecule has 0 saturated carbocycles. The van der Waals surface area contributed by atoms with Crippen LogP contribution < -0.4 is 10.9 Å². The normalized spacial score (nSPS) is 20.5. The average molecular weight is 442 g/mol. The molecule has 10 heteroatoms. The lowest BCUT2D eigenvalue weighted by Crippen LogP contribution is -2.39.